The molecule has 4 nitrogen and oxygen atoms in total. The first-order valence-electron chi connectivity index (χ1n) is 8.26. The average Bonchev–Trinajstić information content (AvgIpc) is 3.31. The zero-order valence-corrected chi connectivity index (χ0v) is 17.1. The van der Waals surface area contributed by atoms with Crippen molar-refractivity contribution in [2.45, 2.75) is 29.5 Å². The van der Waals surface area contributed by atoms with Gasteiger partial charge in [0.25, 0.3) is 0 Å². The van der Waals surface area contributed by atoms with Gasteiger partial charge in [0.05, 0.1) is 24.9 Å². The van der Waals surface area contributed by atoms with Gasteiger partial charge in [-0.25, -0.2) is 4.98 Å². The molecule has 0 aliphatic heterocycles. The van der Waals surface area contributed by atoms with Gasteiger partial charge in [-0.05, 0) is 37.1 Å². The van der Waals surface area contributed by atoms with Crippen molar-refractivity contribution in [1.82, 2.24) is 9.55 Å². The van der Waals surface area contributed by atoms with E-state index in [0.717, 1.165) is 40.1 Å². The Morgan fingerprint density at radius 3 is 2.77 bits per heavy atom. The number of benzene rings is 1. The third-order valence-corrected chi connectivity index (χ3v) is 6.58. The maximum Gasteiger partial charge on any atom is 0.136 e. The smallest absolute Gasteiger partial charge is 0.136 e. The minimum absolute atomic E-state index is 0.382. The number of imidazole rings is 1. The third kappa shape index (κ3) is 5.19. The van der Waals surface area contributed by atoms with Gasteiger partial charge in [0, 0.05) is 40.0 Å². The van der Waals surface area contributed by atoms with Gasteiger partial charge in [0.1, 0.15) is 11.5 Å². The molecule has 0 amide bonds. The highest BCUT2D eigenvalue weighted by Gasteiger charge is 2.16. The number of aryl methyl sites for hydroxylation is 1. The van der Waals surface area contributed by atoms with Gasteiger partial charge in [0.15, 0.2) is 0 Å². The molecule has 0 spiro atoms. The molecule has 0 radical (unpaired) electrons. The van der Waals surface area contributed by atoms with E-state index in [0.29, 0.717) is 5.25 Å². The van der Waals surface area contributed by atoms with Crippen LogP contribution in [0, 0.1) is 0 Å². The summed E-state index contributed by atoms with van der Waals surface area (Å²) in [6.07, 6.45) is 7.72. The fraction of sp³-hybridized carbons (Fsp3) is 0.316. The van der Waals surface area contributed by atoms with Crippen molar-refractivity contribution in [1.29, 1.82) is 0 Å². The molecule has 1 aromatic carbocycles. The Hall–Kier alpha value is -1.63. The predicted molar refractivity (Wildman–Crippen MR) is 109 cm³/mol. The molecule has 0 aliphatic carbocycles. The van der Waals surface area contributed by atoms with Crippen molar-refractivity contribution in [3.8, 4) is 11.5 Å². The molecule has 1 unspecified atom stereocenters. The van der Waals surface area contributed by atoms with Gasteiger partial charge >= 0.3 is 0 Å². The van der Waals surface area contributed by atoms with Crippen molar-refractivity contribution in [3.05, 3.63) is 58.3 Å². The van der Waals surface area contributed by atoms with Crippen LogP contribution in [0.1, 0.15) is 11.3 Å². The Morgan fingerprint density at radius 1 is 1.23 bits per heavy atom. The van der Waals surface area contributed by atoms with Gasteiger partial charge in [-0.15, -0.1) is 23.1 Å². The molecule has 0 N–H and O–H groups in total. The molecule has 0 saturated carbocycles. The maximum absolute atomic E-state index is 6.06. The number of methoxy groups -OCH3 is 2. The van der Waals surface area contributed by atoms with E-state index in [1.807, 2.05) is 48.7 Å². The SMILES string of the molecule is COc1ccc(SC(CCc2ccc(Cl)s2)Cn2ccnc2)c(OC)c1. The summed E-state index contributed by atoms with van der Waals surface area (Å²) >= 11 is 9.54. The summed E-state index contributed by atoms with van der Waals surface area (Å²) in [5.74, 6) is 1.63. The van der Waals surface area contributed by atoms with Crippen LogP contribution in [0.2, 0.25) is 4.34 Å². The lowest BCUT2D eigenvalue weighted by atomic mass is 10.2. The largest absolute Gasteiger partial charge is 0.497 e. The number of thiophene rings is 1. The Bertz CT molecular complexity index is 821. The summed E-state index contributed by atoms with van der Waals surface area (Å²) in [6, 6.07) is 10.0. The van der Waals surface area contributed by atoms with Crippen LogP contribution >= 0.6 is 34.7 Å². The van der Waals surface area contributed by atoms with Crippen molar-refractivity contribution < 1.29 is 9.47 Å². The van der Waals surface area contributed by atoms with E-state index >= 15 is 0 Å². The zero-order chi connectivity index (χ0) is 18.4. The van der Waals surface area contributed by atoms with E-state index in [2.05, 4.69) is 21.7 Å². The lowest BCUT2D eigenvalue weighted by molar-refractivity contribution is 0.387. The number of rotatable bonds is 9. The van der Waals surface area contributed by atoms with Crippen molar-refractivity contribution in [2.24, 2.45) is 0 Å². The molecule has 7 heteroatoms. The van der Waals surface area contributed by atoms with Crippen LogP contribution in [0.3, 0.4) is 0 Å². The number of hydrogen-bond acceptors (Lipinski definition) is 5. The first kappa shape index (κ1) is 19.1. The molecule has 3 rings (SSSR count). The fourth-order valence-corrected chi connectivity index (χ4v) is 5.01. The lowest BCUT2D eigenvalue weighted by Crippen LogP contribution is -2.13. The highest BCUT2D eigenvalue weighted by atomic mass is 35.5. The van der Waals surface area contributed by atoms with E-state index in [9.17, 15) is 0 Å². The standard InChI is InChI=1S/C19H21ClN2O2S2/c1-23-14-3-7-18(17(11-14)24-2)25-16(12-22-10-9-21-13-22)5-4-15-6-8-19(20)26-15/h3,6-11,13,16H,4-5,12H2,1-2H3. The first-order chi connectivity index (χ1) is 12.7. The Morgan fingerprint density at radius 2 is 2.12 bits per heavy atom. The highest BCUT2D eigenvalue weighted by Crippen LogP contribution is 2.37. The van der Waals surface area contributed by atoms with Crippen LogP contribution in [-0.2, 0) is 13.0 Å². The topological polar surface area (TPSA) is 36.3 Å². The number of ether oxygens (including phenoxy) is 2. The second-order valence-corrected chi connectivity index (χ2v) is 8.90. The molecule has 138 valence electrons. The third-order valence-electron chi connectivity index (χ3n) is 3.98. The Kier molecular flexibility index (Phi) is 6.88. The minimum atomic E-state index is 0.382. The number of halogens is 1. The first-order valence-corrected chi connectivity index (χ1v) is 10.3. The van der Waals surface area contributed by atoms with Crippen LogP contribution in [0.5, 0.6) is 11.5 Å². The average molecular weight is 409 g/mol. The summed E-state index contributed by atoms with van der Waals surface area (Å²) in [5, 5.41) is 0.382. The van der Waals surface area contributed by atoms with Crippen molar-refractivity contribution in [2.75, 3.05) is 14.2 Å². The second-order valence-electron chi connectivity index (χ2n) is 5.76. The van der Waals surface area contributed by atoms with E-state index < -0.39 is 0 Å². The molecule has 26 heavy (non-hydrogen) atoms. The Balaban J connectivity index is 1.74. The minimum Gasteiger partial charge on any atom is -0.497 e. The summed E-state index contributed by atoms with van der Waals surface area (Å²) in [6.45, 7) is 0.888. The second kappa shape index (κ2) is 9.35. The van der Waals surface area contributed by atoms with Crippen LogP contribution in [-0.4, -0.2) is 29.0 Å². The van der Waals surface area contributed by atoms with Crippen LogP contribution in [0.4, 0.5) is 0 Å². The van der Waals surface area contributed by atoms with Gasteiger partial charge in [0.2, 0.25) is 0 Å². The zero-order valence-electron chi connectivity index (χ0n) is 14.7. The fourth-order valence-electron chi connectivity index (χ4n) is 2.66. The van der Waals surface area contributed by atoms with Gasteiger partial charge in [-0.1, -0.05) is 11.6 Å². The van der Waals surface area contributed by atoms with Crippen molar-refractivity contribution >= 4 is 34.7 Å². The summed E-state index contributed by atoms with van der Waals surface area (Å²) in [4.78, 5) is 6.58. The summed E-state index contributed by atoms with van der Waals surface area (Å²) < 4.78 is 13.8. The molecular weight excluding hydrogens is 388 g/mol. The van der Waals surface area contributed by atoms with E-state index in [4.69, 9.17) is 21.1 Å². The molecule has 0 saturated heterocycles. The summed E-state index contributed by atoms with van der Waals surface area (Å²) in [5.41, 5.74) is 0. The van der Waals surface area contributed by atoms with Gasteiger partial charge in [-0.2, -0.15) is 0 Å². The van der Waals surface area contributed by atoms with Crippen LogP contribution in [0.15, 0.2) is 53.9 Å². The monoisotopic (exact) mass is 408 g/mol. The van der Waals surface area contributed by atoms with Crippen molar-refractivity contribution in [3.63, 3.8) is 0 Å². The molecule has 1 atom stereocenters. The molecule has 0 fully saturated rings. The van der Waals surface area contributed by atoms with Crippen LogP contribution < -0.4 is 9.47 Å². The number of aromatic nitrogens is 2. The van der Waals surface area contributed by atoms with E-state index in [-0.39, 0.29) is 0 Å². The molecule has 0 bridgehead atoms. The van der Waals surface area contributed by atoms with Gasteiger partial charge in [-0.3, -0.25) is 0 Å². The normalized spacial score (nSPS) is 12.1. The summed E-state index contributed by atoms with van der Waals surface area (Å²) in [7, 11) is 3.35. The number of hydrogen-bond donors (Lipinski definition) is 0. The molecule has 2 heterocycles. The molecule has 0 aliphatic rings. The van der Waals surface area contributed by atoms with Crippen LogP contribution in [0.25, 0.3) is 0 Å². The van der Waals surface area contributed by atoms with E-state index in [1.54, 1.807) is 25.6 Å². The number of nitrogens with zero attached hydrogens (tertiary/aromatic N) is 2. The molecule has 2 aromatic heterocycles. The molecule has 3 aromatic rings. The molecular formula is C19H21ClN2O2S2. The van der Waals surface area contributed by atoms with Gasteiger partial charge < -0.3 is 14.0 Å². The Labute approximate surface area is 167 Å². The predicted octanol–water partition coefficient (Wildman–Crippen LogP) is 5.41. The quantitative estimate of drug-likeness (QED) is 0.443. The van der Waals surface area contributed by atoms with E-state index in [1.165, 1.54) is 4.88 Å². The highest BCUT2D eigenvalue weighted by molar-refractivity contribution is 8.00. The maximum atomic E-state index is 6.06. The lowest BCUT2D eigenvalue weighted by Gasteiger charge is -2.19. The number of thioether (sulfide) groups is 1.